The Morgan fingerprint density at radius 3 is 2.21 bits per heavy atom. The number of hydrogen-bond donors (Lipinski definition) is 0. The van der Waals surface area contributed by atoms with Crippen molar-refractivity contribution in [2.75, 3.05) is 0 Å². The van der Waals surface area contributed by atoms with Crippen LogP contribution in [0.2, 0.25) is 0 Å². The van der Waals surface area contributed by atoms with E-state index in [0.717, 1.165) is 24.0 Å². The van der Waals surface area contributed by atoms with Crippen LogP contribution in [0.5, 0.6) is 0 Å². The number of halogens is 1. The number of rotatable bonds is 3. The van der Waals surface area contributed by atoms with E-state index in [0.29, 0.717) is 0 Å². The molecule has 0 radical (unpaired) electrons. The summed E-state index contributed by atoms with van der Waals surface area (Å²) in [6, 6.07) is 5.54. The molecule has 0 aliphatic rings. The molecule has 0 aromatic heterocycles. The number of aryl methyl sites for hydroxylation is 1. The second-order valence-corrected chi connectivity index (χ2v) is 4.25. The largest absolute Gasteiger partial charge is 0.207 e. The van der Waals surface area contributed by atoms with Crippen molar-refractivity contribution < 1.29 is 4.39 Å². The van der Waals surface area contributed by atoms with Crippen LogP contribution in [0.25, 0.3) is 0 Å². The van der Waals surface area contributed by atoms with Gasteiger partial charge in [-0.1, -0.05) is 32.9 Å². The van der Waals surface area contributed by atoms with Gasteiger partial charge >= 0.3 is 0 Å². The first-order valence-corrected chi connectivity index (χ1v) is 5.30. The Labute approximate surface area is 86.2 Å². The fourth-order valence-electron chi connectivity index (χ4n) is 1.74. The molecule has 0 amide bonds. The predicted octanol–water partition coefficient (Wildman–Crippen LogP) is 4.21. The summed E-state index contributed by atoms with van der Waals surface area (Å²) in [5.41, 5.74) is 1.83. The van der Waals surface area contributed by atoms with Crippen LogP contribution >= 0.6 is 0 Å². The van der Waals surface area contributed by atoms with Crippen LogP contribution in [0, 0.1) is 12.7 Å². The lowest BCUT2D eigenvalue weighted by Gasteiger charge is -2.27. The van der Waals surface area contributed by atoms with Crippen LogP contribution in [0.15, 0.2) is 18.2 Å². The molecule has 14 heavy (non-hydrogen) atoms. The van der Waals surface area contributed by atoms with E-state index < -0.39 is 0 Å². The standard InChI is InChI=1S/C13H19F/c1-5-13(4,6-2)11-8-7-10(3)9-12(11)14/h7-9H,5-6H2,1-4H3. The highest BCUT2D eigenvalue weighted by molar-refractivity contribution is 5.29. The molecule has 0 aliphatic heterocycles. The van der Waals surface area contributed by atoms with Crippen molar-refractivity contribution >= 4 is 0 Å². The minimum absolute atomic E-state index is 0.0161. The van der Waals surface area contributed by atoms with Gasteiger partial charge in [-0.2, -0.15) is 0 Å². The van der Waals surface area contributed by atoms with E-state index in [1.54, 1.807) is 6.07 Å². The van der Waals surface area contributed by atoms with Gasteiger partial charge < -0.3 is 0 Å². The van der Waals surface area contributed by atoms with E-state index in [9.17, 15) is 4.39 Å². The van der Waals surface area contributed by atoms with Crippen molar-refractivity contribution in [3.05, 3.63) is 35.1 Å². The van der Waals surface area contributed by atoms with Crippen molar-refractivity contribution in [2.45, 2.75) is 46.0 Å². The lowest BCUT2D eigenvalue weighted by atomic mass is 9.77. The summed E-state index contributed by atoms with van der Waals surface area (Å²) in [4.78, 5) is 0. The summed E-state index contributed by atoms with van der Waals surface area (Å²) < 4.78 is 13.7. The first-order valence-electron chi connectivity index (χ1n) is 5.30. The Kier molecular flexibility index (Phi) is 3.30. The van der Waals surface area contributed by atoms with Crippen LogP contribution in [-0.4, -0.2) is 0 Å². The molecule has 0 saturated heterocycles. The molecule has 0 nitrogen and oxygen atoms in total. The van der Waals surface area contributed by atoms with Gasteiger partial charge in [0, 0.05) is 0 Å². The molecule has 1 aromatic rings. The summed E-state index contributed by atoms with van der Waals surface area (Å²) >= 11 is 0. The van der Waals surface area contributed by atoms with E-state index in [2.05, 4.69) is 20.8 Å². The third-order valence-electron chi connectivity index (χ3n) is 3.34. The van der Waals surface area contributed by atoms with Gasteiger partial charge in [0.05, 0.1) is 0 Å². The summed E-state index contributed by atoms with van der Waals surface area (Å²) in [7, 11) is 0. The molecule has 1 rings (SSSR count). The predicted molar refractivity (Wildman–Crippen MR) is 59.1 cm³/mol. The minimum atomic E-state index is -0.0591. The van der Waals surface area contributed by atoms with Gasteiger partial charge in [0.1, 0.15) is 5.82 Å². The second-order valence-electron chi connectivity index (χ2n) is 4.25. The Morgan fingerprint density at radius 2 is 1.79 bits per heavy atom. The molecule has 0 N–H and O–H groups in total. The molecule has 0 spiro atoms. The van der Waals surface area contributed by atoms with Crippen LogP contribution in [-0.2, 0) is 5.41 Å². The lowest BCUT2D eigenvalue weighted by Crippen LogP contribution is -2.21. The van der Waals surface area contributed by atoms with Gasteiger partial charge in [-0.3, -0.25) is 0 Å². The molecule has 0 bridgehead atoms. The molecule has 0 saturated carbocycles. The molecule has 1 heteroatoms. The maximum absolute atomic E-state index is 13.7. The van der Waals surface area contributed by atoms with Gasteiger partial charge in [-0.25, -0.2) is 4.39 Å². The summed E-state index contributed by atoms with van der Waals surface area (Å²) in [6.45, 7) is 8.27. The van der Waals surface area contributed by atoms with E-state index in [1.807, 2.05) is 19.1 Å². The van der Waals surface area contributed by atoms with Gasteiger partial charge in [0.25, 0.3) is 0 Å². The minimum Gasteiger partial charge on any atom is -0.207 e. The molecule has 0 aliphatic carbocycles. The maximum atomic E-state index is 13.7. The Hall–Kier alpha value is -0.850. The average Bonchev–Trinajstić information content (AvgIpc) is 2.17. The topological polar surface area (TPSA) is 0 Å². The molecule has 78 valence electrons. The first-order chi connectivity index (χ1) is 6.53. The zero-order valence-corrected chi connectivity index (χ0v) is 9.52. The van der Waals surface area contributed by atoms with Crippen molar-refractivity contribution in [3.8, 4) is 0 Å². The lowest BCUT2D eigenvalue weighted by molar-refractivity contribution is 0.415. The van der Waals surface area contributed by atoms with E-state index in [4.69, 9.17) is 0 Å². The van der Waals surface area contributed by atoms with Gasteiger partial charge in [0.15, 0.2) is 0 Å². The zero-order chi connectivity index (χ0) is 10.8. The second kappa shape index (κ2) is 4.12. The molecular formula is C13H19F. The molecular weight excluding hydrogens is 175 g/mol. The monoisotopic (exact) mass is 194 g/mol. The SMILES string of the molecule is CCC(C)(CC)c1ccc(C)cc1F. The molecule has 0 atom stereocenters. The van der Waals surface area contributed by atoms with Crippen molar-refractivity contribution in [1.82, 2.24) is 0 Å². The van der Waals surface area contributed by atoms with Gasteiger partial charge in [-0.05, 0) is 42.4 Å². The highest BCUT2D eigenvalue weighted by Gasteiger charge is 2.25. The smallest absolute Gasteiger partial charge is 0.127 e. The van der Waals surface area contributed by atoms with Crippen LogP contribution in [0.1, 0.15) is 44.7 Å². The van der Waals surface area contributed by atoms with Crippen LogP contribution in [0.3, 0.4) is 0 Å². The van der Waals surface area contributed by atoms with E-state index in [1.165, 1.54) is 0 Å². The molecule has 1 aromatic carbocycles. The average molecular weight is 194 g/mol. The van der Waals surface area contributed by atoms with E-state index >= 15 is 0 Å². The van der Waals surface area contributed by atoms with Crippen LogP contribution in [0.4, 0.5) is 4.39 Å². The molecule has 0 heterocycles. The molecule has 0 unspecified atom stereocenters. The highest BCUT2D eigenvalue weighted by atomic mass is 19.1. The quantitative estimate of drug-likeness (QED) is 0.676. The highest BCUT2D eigenvalue weighted by Crippen LogP contribution is 2.32. The maximum Gasteiger partial charge on any atom is 0.127 e. The number of benzene rings is 1. The Bertz CT molecular complexity index is 311. The Morgan fingerprint density at radius 1 is 1.21 bits per heavy atom. The van der Waals surface area contributed by atoms with Crippen LogP contribution < -0.4 is 0 Å². The van der Waals surface area contributed by atoms with Gasteiger partial charge in [0.2, 0.25) is 0 Å². The van der Waals surface area contributed by atoms with E-state index in [-0.39, 0.29) is 11.2 Å². The Balaban J connectivity index is 3.17. The summed E-state index contributed by atoms with van der Waals surface area (Å²) in [5.74, 6) is -0.0591. The fourth-order valence-corrected chi connectivity index (χ4v) is 1.74. The van der Waals surface area contributed by atoms with Crippen molar-refractivity contribution in [3.63, 3.8) is 0 Å². The fraction of sp³-hybridized carbons (Fsp3) is 0.538. The molecule has 0 fully saturated rings. The third-order valence-corrected chi connectivity index (χ3v) is 3.34. The number of hydrogen-bond acceptors (Lipinski definition) is 0. The summed E-state index contributed by atoms with van der Waals surface area (Å²) in [5, 5.41) is 0. The van der Waals surface area contributed by atoms with Gasteiger partial charge in [-0.15, -0.1) is 0 Å². The normalized spacial score (nSPS) is 11.8. The first kappa shape index (κ1) is 11.2. The van der Waals surface area contributed by atoms with Crippen molar-refractivity contribution in [1.29, 1.82) is 0 Å². The van der Waals surface area contributed by atoms with Crippen molar-refractivity contribution in [2.24, 2.45) is 0 Å². The zero-order valence-electron chi connectivity index (χ0n) is 9.52. The summed E-state index contributed by atoms with van der Waals surface area (Å²) in [6.07, 6.45) is 1.95. The third kappa shape index (κ3) is 1.97.